The summed E-state index contributed by atoms with van der Waals surface area (Å²) in [6.07, 6.45) is -0.147. The number of hydrogen-bond acceptors (Lipinski definition) is 12. The van der Waals surface area contributed by atoms with Gasteiger partial charge in [-0.2, -0.15) is 23.4 Å². The van der Waals surface area contributed by atoms with E-state index in [-0.39, 0.29) is 39.4 Å². The number of phosphoric ester groups is 1. The molecule has 1 fully saturated rings. The number of aromatic nitrogens is 8. The van der Waals surface area contributed by atoms with E-state index in [1.807, 2.05) is 0 Å². The molecule has 0 unspecified atom stereocenters. The molecule has 0 spiro atoms. The predicted molar refractivity (Wildman–Crippen MR) is 179 cm³/mol. The van der Waals surface area contributed by atoms with E-state index < -0.39 is 74.8 Å². The summed E-state index contributed by atoms with van der Waals surface area (Å²) in [5.41, 5.74) is -3.71. The Labute approximate surface area is 297 Å². The van der Waals surface area contributed by atoms with Gasteiger partial charge in [-0.3, -0.25) is 32.6 Å². The lowest BCUT2D eigenvalue weighted by Crippen LogP contribution is -2.36. The van der Waals surface area contributed by atoms with Crippen molar-refractivity contribution in [3.05, 3.63) is 64.0 Å². The Balaban J connectivity index is 1.29. The number of anilines is 1. The van der Waals surface area contributed by atoms with Crippen molar-refractivity contribution in [2.45, 2.75) is 84.2 Å². The summed E-state index contributed by atoms with van der Waals surface area (Å²) in [6.45, 7) is 6.41. The predicted octanol–water partition coefficient (Wildman–Crippen LogP) is 5.17. The smallest absolute Gasteiger partial charge is 0.466 e. The first-order chi connectivity index (χ1) is 24.5. The van der Waals surface area contributed by atoms with Crippen molar-refractivity contribution in [1.82, 2.24) is 38.9 Å². The normalized spacial score (nSPS) is 17.0. The summed E-state index contributed by atoms with van der Waals surface area (Å²) < 4.78 is 109. The van der Waals surface area contributed by atoms with Gasteiger partial charge in [0.25, 0.3) is 5.56 Å². The van der Waals surface area contributed by atoms with E-state index >= 15 is 8.78 Å². The van der Waals surface area contributed by atoms with Gasteiger partial charge < -0.3 is 9.64 Å². The van der Waals surface area contributed by atoms with Crippen molar-refractivity contribution in [2.24, 2.45) is 0 Å². The first-order valence-electron chi connectivity index (χ1n) is 16.0. The van der Waals surface area contributed by atoms with Gasteiger partial charge in [0.1, 0.15) is 19.0 Å². The molecule has 286 valence electrons. The van der Waals surface area contributed by atoms with E-state index in [9.17, 15) is 27.3 Å². The fraction of sp³-hybridized carbons (Fsp3) is 0.484. The van der Waals surface area contributed by atoms with Gasteiger partial charge in [-0.05, 0) is 47.6 Å². The minimum atomic E-state index is -4.58. The van der Waals surface area contributed by atoms with Crippen molar-refractivity contribution in [2.75, 3.05) is 18.0 Å². The summed E-state index contributed by atoms with van der Waals surface area (Å²) in [5, 5.41) is 8.35. The summed E-state index contributed by atoms with van der Waals surface area (Å²) in [6, 6.07) is 2.44. The SMILES string of the molecule is CC(C)(C)OP(=O)(OCn1cc(-c2cc(N3C[C@H](Oc4cc5c(cn4)cnn5CC(F)(F)F)C(F)(F)C3)c3nccn3n2)c(=O)[nH]c1=O)OC(C)(C)C. The molecule has 6 heterocycles. The highest BCUT2D eigenvalue weighted by atomic mass is 31.2. The van der Waals surface area contributed by atoms with Gasteiger partial charge in [0.15, 0.2) is 11.8 Å². The highest BCUT2D eigenvalue weighted by molar-refractivity contribution is 7.48. The van der Waals surface area contributed by atoms with Crippen LogP contribution in [0.1, 0.15) is 41.5 Å². The van der Waals surface area contributed by atoms with E-state index in [2.05, 4.69) is 25.1 Å². The van der Waals surface area contributed by atoms with Gasteiger partial charge in [0.2, 0.25) is 5.88 Å². The number of pyridine rings is 1. The summed E-state index contributed by atoms with van der Waals surface area (Å²) in [5.74, 6) is -3.83. The van der Waals surface area contributed by atoms with Crippen LogP contribution in [0.5, 0.6) is 5.88 Å². The van der Waals surface area contributed by atoms with Crippen LogP contribution in [-0.4, -0.2) is 81.4 Å². The number of rotatable bonds is 10. The number of nitrogens with one attached hydrogen (secondary N) is 1. The number of halogens is 5. The Morgan fingerprint density at radius 3 is 2.38 bits per heavy atom. The van der Waals surface area contributed by atoms with Crippen LogP contribution in [-0.2, 0) is 31.4 Å². The molecule has 0 saturated carbocycles. The lowest BCUT2D eigenvalue weighted by molar-refractivity contribution is -0.141. The van der Waals surface area contributed by atoms with Crippen LogP contribution in [0.25, 0.3) is 27.8 Å². The van der Waals surface area contributed by atoms with Crippen LogP contribution in [0, 0.1) is 0 Å². The van der Waals surface area contributed by atoms with Gasteiger partial charge in [-0.1, -0.05) is 0 Å². The van der Waals surface area contributed by atoms with Crippen LogP contribution in [0.3, 0.4) is 0 Å². The second kappa shape index (κ2) is 13.3. The minimum Gasteiger partial charge on any atom is -0.466 e. The molecule has 53 heavy (non-hydrogen) atoms. The molecular weight excluding hydrogens is 736 g/mol. The Bertz CT molecular complexity index is 2310. The quantitative estimate of drug-likeness (QED) is 0.146. The van der Waals surface area contributed by atoms with Gasteiger partial charge in [0.05, 0.1) is 47.3 Å². The number of alkyl halides is 5. The van der Waals surface area contributed by atoms with Crippen molar-refractivity contribution < 1.29 is 44.8 Å². The van der Waals surface area contributed by atoms with E-state index in [0.29, 0.717) is 4.68 Å². The van der Waals surface area contributed by atoms with Crippen LogP contribution >= 0.6 is 7.82 Å². The largest absolute Gasteiger partial charge is 0.477 e. The molecular formula is C31H35F5N9O7P. The third-order valence-corrected chi connectivity index (χ3v) is 9.42. The zero-order valence-corrected chi connectivity index (χ0v) is 30.1. The average Bonchev–Trinajstić information content (AvgIpc) is 3.70. The van der Waals surface area contributed by atoms with Crippen LogP contribution in [0.4, 0.5) is 27.6 Å². The zero-order chi connectivity index (χ0) is 38.7. The first-order valence-corrected chi connectivity index (χ1v) is 17.5. The molecule has 0 aliphatic carbocycles. The highest BCUT2D eigenvalue weighted by Crippen LogP contribution is 2.55. The molecule has 0 bridgehead atoms. The summed E-state index contributed by atoms with van der Waals surface area (Å²) in [7, 11) is -4.28. The number of imidazole rings is 1. The lowest BCUT2D eigenvalue weighted by atomic mass is 10.2. The number of aromatic amines is 1. The molecule has 16 nitrogen and oxygen atoms in total. The molecule has 22 heteroatoms. The highest BCUT2D eigenvalue weighted by Gasteiger charge is 2.51. The Morgan fingerprint density at radius 1 is 1.02 bits per heavy atom. The molecule has 1 saturated heterocycles. The molecule has 0 amide bonds. The van der Waals surface area contributed by atoms with E-state index in [0.717, 1.165) is 16.8 Å². The van der Waals surface area contributed by atoms with E-state index in [1.165, 1.54) is 40.3 Å². The van der Waals surface area contributed by atoms with Gasteiger partial charge in [0, 0.05) is 36.2 Å². The fourth-order valence-electron chi connectivity index (χ4n) is 5.45. The number of H-pyrrole nitrogens is 1. The Kier molecular flexibility index (Phi) is 9.54. The third-order valence-electron chi connectivity index (χ3n) is 7.45. The van der Waals surface area contributed by atoms with Gasteiger partial charge >= 0.3 is 25.6 Å². The Morgan fingerprint density at radius 2 is 1.72 bits per heavy atom. The monoisotopic (exact) mass is 771 g/mol. The third kappa shape index (κ3) is 8.75. The van der Waals surface area contributed by atoms with Crippen molar-refractivity contribution in [3.63, 3.8) is 0 Å². The van der Waals surface area contributed by atoms with Crippen LogP contribution in [0.2, 0.25) is 0 Å². The van der Waals surface area contributed by atoms with Crippen LogP contribution in [0.15, 0.2) is 52.7 Å². The maximum Gasteiger partial charge on any atom is 0.477 e. The molecule has 0 radical (unpaired) electrons. The molecule has 1 aliphatic heterocycles. The number of fused-ring (bicyclic) bond motifs is 2. The molecule has 5 aromatic heterocycles. The van der Waals surface area contributed by atoms with Gasteiger partial charge in [-0.15, -0.1) is 0 Å². The topological polar surface area (TPSA) is 173 Å². The minimum absolute atomic E-state index is 0.00778. The average molecular weight is 772 g/mol. The Hall–Kier alpha value is -4.72. The number of hydrogen-bond donors (Lipinski definition) is 1. The number of ether oxygens (including phenoxy) is 1. The molecule has 1 N–H and O–H groups in total. The van der Waals surface area contributed by atoms with Crippen molar-refractivity contribution in [1.29, 1.82) is 0 Å². The second-order valence-corrected chi connectivity index (χ2v) is 15.8. The van der Waals surface area contributed by atoms with Crippen molar-refractivity contribution in [3.8, 4) is 17.1 Å². The standard InChI is InChI=1S/C31H35F5N9O7P/c1-28(2,3)51-53(48,52-29(4,5)6)49-17-43-13-19(26(46)40-27(43)47)20-9-22(25-37-7-8-44(25)41-20)42-14-23(30(32,33)15-42)50-24-10-21-18(11-38-24)12-39-45(21)16-31(34,35)36/h7-13,23H,14-17H2,1-6H3,(H,40,46,47)/t23-/m0/s1. The fourth-order valence-corrected chi connectivity index (χ4v) is 7.20. The van der Waals surface area contributed by atoms with E-state index in [4.69, 9.17) is 18.3 Å². The van der Waals surface area contributed by atoms with E-state index in [1.54, 1.807) is 41.5 Å². The molecule has 6 rings (SSSR count). The second-order valence-electron chi connectivity index (χ2n) is 14.2. The van der Waals surface area contributed by atoms with Crippen LogP contribution < -0.4 is 20.9 Å². The maximum absolute atomic E-state index is 15.5. The molecule has 1 aliphatic rings. The first kappa shape index (κ1) is 38.0. The maximum atomic E-state index is 15.5. The molecule has 0 aromatic carbocycles. The summed E-state index contributed by atoms with van der Waals surface area (Å²) in [4.78, 5) is 37.5. The number of phosphoric acid groups is 1. The molecule has 1 atom stereocenters. The zero-order valence-electron chi connectivity index (χ0n) is 29.2. The lowest BCUT2D eigenvalue weighted by Gasteiger charge is -2.30. The van der Waals surface area contributed by atoms with Gasteiger partial charge in [-0.25, -0.2) is 32.6 Å². The summed E-state index contributed by atoms with van der Waals surface area (Å²) >= 11 is 0. The molecule has 5 aromatic rings. The van der Waals surface area contributed by atoms with Crippen molar-refractivity contribution >= 4 is 30.1 Å². The number of nitrogens with zero attached hydrogens (tertiary/aromatic N) is 8.